The first-order chi connectivity index (χ1) is 8.11. The van der Waals surface area contributed by atoms with Crippen LogP contribution in [0.3, 0.4) is 0 Å². The highest BCUT2D eigenvalue weighted by molar-refractivity contribution is 7.16. The van der Waals surface area contributed by atoms with E-state index in [0.29, 0.717) is 16.1 Å². The van der Waals surface area contributed by atoms with Crippen molar-refractivity contribution in [2.75, 3.05) is 5.73 Å². The number of halogens is 1. The highest BCUT2D eigenvalue weighted by Gasteiger charge is 2.15. The lowest BCUT2D eigenvalue weighted by Crippen LogP contribution is -2.02. The number of carbonyl (C=O) groups excluding carboxylic acids is 1. The van der Waals surface area contributed by atoms with E-state index in [1.54, 1.807) is 0 Å². The standard InChI is InChI=1S/C13H12FNOS/c1-2-10-7-11(13(15)17-10)12(16)8-3-5-9(14)6-4-8/h3-7H,2,15H2,1H3. The summed E-state index contributed by atoms with van der Waals surface area (Å²) < 4.78 is 12.8. The summed E-state index contributed by atoms with van der Waals surface area (Å²) >= 11 is 1.42. The first-order valence-corrected chi connectivity index (χ1v) is 6.12. The second kappa shape index (κ2) is 4.67. The van der Waals surface area contributed by atoms with Gasteiger partial charge in [0.2, 0.25) is 0 Å². The summed E-state index contributed by atoms with van der Waals surface area (Å²) in [5, 5.41) is 0.524. The van der Waals surface area contributed by atoms with Gasteiger partial charge in [0.25, 0.3) is 0 Å². The van der Waals surface area contributed by atoms with Gasteiger partial charge in [0.15, 0.2) is 5.78 Å². The average molecular weight is 249 g/mol. The number of rotatable bonds is 3. The number of ketones is 1. The van der Waals surface area contributed by atoms with Gasteiger partial charge in [0, 0.05) is 10.4 Å². The second-order valence-corrected chi connectivity index (χ2v) is 4.85. The summed E-state index contributed by atoms with van der Waals surface area (Å²) in [6, 6.07) is 7.31. The molecule has 17 heavy (non-hydrogen) atoms. The summed E-state index contributed by atoms with van der Waals surface area (Å²) in [5.41, 5.74) is 6.78. The molecule has 0 aliphatic heterocycles. The van der Waals surface area contributed by atoms with Gasteiger partial charge in [-0.1, -0.05) is 6.92 Å². The van der Waals surface area contributed by atoms with Crippen molar-refractivity contribution >= 4 is 22.1 Å². The van der Waals surface area contributed by atoms with Crippen molar-refractivity contribution < 1.29 is 9.18 Å². The number of carbonyl (C=O) groups is 1. The van der Waals surface area contributed by atoms with E-state index in [2.05, 4.69) is 0 Å². The third-order valence-corrected chi connectivity index (χ3v) is 3.62. The molecule has 1 aromatic carbocycles. The zero-order valence-corrected chi connectivity index (χ0v) is 10.2. The van der Waals surface area contributed by atoms with Crippen molar-refractivity contribution in [3.8, 4) is 0 Å². The van der Waals surface area contributed by atoms with E-state index in [1.807, 2.05) is 13.0 Å². The summed E-state index contributed by atoms with van der Waals surface area (Å²) in [5.74, 6) is -0.507. The fraction of sp³-hybridized carbons (Fsp3) is 0.154. The van der Waals surface area contributed by atoms with E-state index in [1.165, 1.54) is 35.6 Å². The Morgan fingerprint density at radius 2 is 2.00 bits per heavy atom. The molecule has 2 rings (SSSR count). The first kappa shape index (κ1) is 11.8. The maximum Gasteiger partial charge on any atom is 0.195 e. The van der Waals surface area contributed by atoms with Gasteiger partial charge in [-0.15, -0.1) is 11.3 Å². The molecular weight excluding hydrogens is 237 g/mol. The molecule has 4 heteroatoms. The Labute approximate surface area is 103 Å². The van der Waals surface area contributed by atoms with Crippen LogP contribution in [-0.2, 0) is 6.42 Å². The minimum absolute atomic E-state index is 0.154. The normalized spacial score (nSPS) is 10.5. The van der Waals surface area contributed by atoms with Gasteiger partial charge in [0.05, 0.1) is 10.6 Å². The van der Waals surface area contributed by atoms with Gasteiger partial charge in [-0.05, 0) is 36.8 Å². The number of nitrogens with two attached hydrogens (primary N) is 1. The van der Waals surface area contributed by atoms with Crippen LogP contribution in [0.15, 0.2) is 30.3 Å². The molecule has 0 bridgehead atoms. The molecule has 2 N–H and O–H groups in total. The maximum atomic E-state index is 12.8. The van der Waals surface area contributed by atoms with Gasteiger partial charge in [0.1, 0.15) is 5.82 Å². The Morgan fingerprint density at radius 1 is 1.35 bits per heavy atom. The van der Waals surface area contributed by atoms with E-state index >= 15 is 0 Å². The molecule has 0 aliphatic rings. The molecule has 1 aromatic heterocycles. The molecule has 0 radical (unpaired) electrons. The molecule has 0 saturated carbocycles. The second-order valence-electron chi connectivity index (χ2n) is 3.68. The molecular formula is C13H12FNOS. The third-order valence-electron chi connectivity index (χ3n) is 2.51. The monoisotopic (exact) mass is 249 g/mol. The Balaban J connectivity index is 2.36. The van der Waals surface area contributed by atoms with E-state index in [0.717, 1.165) is 11.3 Å². The summed E-state index contributed by atoms with van der Waals surface area (Å²) in [6.07, 6.45) is 0.853. The van der Waals surface area contributed by atoms with E-state index < -0.39 is 0 Å². The fourth-order valence-electron chi connectivity index (χ4n) is 1.57. The fourth-order valence-corrected chi connectivity index (χ4v) is 2.43. The van der Waals surface area contributed by atoms with Crippen LogP contribution in [0.5, 0.6) is 0 Å². The van der Waals surface area contributed by atoms with Gasteiger partial charge >= 0.3 is 0 Å². The third kappa shape index (κ3) is 2.36. The van der Waals surface area contributed by atoms with Crippen LogP contribution in [0.25, 0.3) is 0 Å². The average Bonchev–Trinajstić information content (AvgIpc) is 2.71. The lowest BCUT2D eigenvalue weighted by atomic mass is 10.1. The SMILES string of the molecule is CCc1cc(C(=O)c2ccc(F)cc2)c(N)s1. The number of anilines is 1. The van der Waals surface area contributed by atoms with Crippen LogP contribution in [0.4, 0.5) is 9.39 Å². The van der Waals surface area contributed by atoms with E-state index in [9.17, 15) is 9.18 Å². The van der Waals surface area contributed by atoms with Crippen LogP contribution in [0.1, 0.15) is 27.7 Å². The number of nitrogen functional groups attached to an aromatic ring is 1. The molecule has 0 unspecified atom stereocenters. The largest absolute Gasteiger partial charge is 0.390 e. The Morgan fingerprint density at radius 3 is 2.53 bits per heavy atom. The van der Waals surface area contributed by atoms with Crippen LogP contribution < -0.4 is 5.73 Å². The number of benzene rings is 1. The molecule has 1 heterocycles. The van der Waals surface area contributed by atoms with Gasteiger partial charge in [-0.25, -0.2) is 4.39 Å². The molecule has 0 spiro atoms. The number of aryl methyl sites for hydroxylation is 1. The first-order valence-electron chi connectivity index (χ1n) is 5.30. The Hall–Kier alpha value is -1.68. The van der Waals surface area contributed by atoms with Crippen LogP contribution in [0, 0.1) is 5.82 Å². The molecule has 2 aromatic rings. The summed E-state index contributed by atoms with van der Waals surface area (Å²) in [7, 11) is 0. The minimum atomic E-state index is -0.353. The number of hydrogen-bond donors (Lipinski definition) is 1. The smallest absolute Gasteiger partial charge is 0.195 e. The van der Waals surface area contributed by atoms with Crippen molar-refractivity contribution in [1.29, 1.82) is 0 Å². The van der Waals surface area contributed by atoms with Gasteiger partial charge < -0.3 is 5.73 Å². The number of thiophene rings is 1. The highest BCUT2D eigenvalue weighted by Crippen LogP contribution is 2.27. The van der Waals surface area contributed by atoms with E-state index in [-0.39, 0.29) is 11.6 Å². The van der Waals surface area contributed by atoms with E-state index in [4.69, 9.17) is 5.73 Å². The van der Waals surface area contributed by atoms with Crippen molar-refractivity contribution in [3.63, 3.8) is 0 Å². The zero-order valence-electron chi connectivity index (χ0n) is 9.37. The van der Waals surface area contributed by atoms with Crippen molar-refractivity contribution in [2.45, 2.75) is 13.3 Å². The Bertz CT molecular complexity index is 545. The predicted octanol–water partition coefficient (Wildman–Crippen LogP) is 3.26. The van der Waals surface area contributed by atoms with Crippen molar-refractivity contribution in [3.05, 3.63) is 52.2 Å². The molecule has 0 aliphatic carbocycles. The van der Waals surface area contributed by atoms with Crippen molar-refractivity contribution in [1.82, 2.24) is 0 Å². The molecule has 2 nitrogen and oxygen atoms in total. The molecule has 0 amide bonds. The lowest BCUT2D eigenvalue weighted by molar-refractivity contribution is 0.104. The lowest BCUT2D eigenvalue weighted by Gasteiger charge is -1.99. The summed E-state index contributed by atoms with van der Waals surface area (Å²) in [4.78, 5) is 13.2. The minimum Gasteiger partial charge on any atom is -0.390 e. The topological polar surface area (TPSA) is 43.1 Å². The summed E-state index contributed by atoms with van der Waals surface area (Å²) in [6.45, 7) is 2.01. The van der Waals surface area contributed by atoms with Gasteiger partial charge in [-0.3, -0.25) is 4.79 Å². The predicted molar refractivity (Wildman–Crippen MR) is 67.9 cm³/mol. The van der Waals surface area contributed by atoms with Crippen molar-refractivity contribution in [2.24, 2.45) is 0 Å². The quantitative estimate of drug-likeness (QED) is 0.848. The maximum absolute atomic E-state index is 12.8. The molecule has 88 valence electrons. The zero-order chi connectivity index (χ0) is 12.4. The highest BCUT2D eigenvalue weighted by atomic mass is 32.1. The Kier molecular flexibility index (Phi) is 3.24. The van der Waals surface area contributed by atoms with Crippen LogP contribution >= 0.6 is 11.3 Å². The van der Waals surface area contributed by atoms with Gasteiger partial charge in [-0.2, -0.15) is 0 Å². The molecule has 0 atom stereocenters. The molecule has 0 fully saturated rings. The molecule has 0 saturated heterocycles. The van der Waals surface area contributed by atoms with Crippen LogP contribution in [-0.4, -0.2) is 5.78 Å². The number of hydrogen-bond acceptors (Lipinski definition) is 3. The van der Waals surface area contributed by atoms with Crippen LogP contribution in [0.2, 0.25) is 0 Å².